The van der Waals surface area contributed by atoms with Crippen LogP contribution in [0.3, 0.4) is 0 Å². The first kappa shape index (κ1) is 9.61. The van der Waals surface area contributed by atoms with Crippen molar-refractivity contribution in [3.63, 3.8) is 0 Å². The van der Waals surface area contributed by atoms with E-state index < -0.39 is 12.8 Å². The third kappa shape index (κ3) is 2.25. The number of hydrogen-bond donors (Lipinski definition) is 1. The summed E-state index contributed by atoms with van der Waals surface area (Å²) in [6.45, 7) is 1.80. The molecule has 1 aliphatic heterocycles. The van der Waals surface area contributed by atoms with Gasteiger partial charge in [0.25, 0.3) is 0 Å². The molecule has 12 heavy (non-hydrogen) atoms. The Hall–Kier alpha value is -0.480. The van der Waals surface area contributed by atoms with Gasteiger partial charge in [0.05, 0.1) is 12.6 Å². The van der Waals surface area contributed by atoms with Crippen molar-refractivity contribution in [2.24, 2.45) is 0 Å². The Labute approximate surface area is 71.2 Å². The topological polar surface area (TPSA) is 40.5 Å². The van der Waals surface area contributed by atoms with Gasteiger partial charge in [0.2, 0.25) is 0 Å². The average Bonchev–Trinajstić information content (AvgIpc) is 2.30. The molecule has 0 spiro atoms. The summed E-state index contributed by atoms with van der Waals surface area (Å²) in [5.74, 6) is 0.175. The molecule has 1 rings (SSSR count). The lowest BCUT2D eigenvalue weighted by atomic mass is 10.2. The summed E-state index contributed by atoms with van der Waals surface area (Å²) < 4.78 is 11.9. The van der Waals surface area contributed by atoms with Gasteiger partial charge in [-0.15, -0.1) is 0 Å². The van der Waals surface area contributed by atoms with Crippen LogP contribution in [-0.2, 0) is 4.79 Å². The second kappa shape index (κ2) is 3.96. The van der Waals surface area contributed by atoms with E-state index in [9.17, 15) is 9.18 Å². The maximum Gasteiger partial charge on any atom is 0.148 e. The summed E-state index contributed by atoms with van der Waals surface area (Å²) in [6, 6.07) is 0.152. The fraction of sp³-hybridized carbons (Fsp3) is 0.875. The molecular formula is C8H14FNO2. The number of carbonyl (C=O) groups excluding carboxylic acids is 1. The summed E-state index contributed by atoms with van der Waals surface area (Å²) in [4.78, 5) is 12.7. The first-order valence-corrected chi connectivity index (χ1v) is 4.13. The molecule has 70 valence electrons. The molecule has 0 radical (unpaired) electrons. The first-order valence-electron chi connectivity index (χ1n) is 4.13. The highest BCUT2D eigenvalue weighted by molar-refractivity contribution is 5.83. The van der Waals surface area contributed by atoms with Crippen LogP contribution >= 0.6 is 0 Å². The van der Waals surface area contributed by atoms with E-state index in [1.165, 1.54) is 0 Å². The van der Waals surface area contributed by atoms with Crippen LogP contribution in [0.25, 0.3) is 0 Å². The average molecular weight is 175 g/mol. The standard InChI is InChI=1S/C8H14FNO2/c1-6-2-7(11)4-10(6)5-8(12)3-9/h6,8,12H,2-5H2,1H3. The van der Waals surface area contributed by atoms with Crippen LogP contribution in [0.4, 0.5) is 4.39 Å². The Morgan fingerprint density at radius 1 is 1.83 bits per heavy atom. The Kier molecular flexibility index (Phi) is 3.17. The SMILES string of the molecule is CC1CC(=O)CN1CC(O)CF. The highest BCUT2D eigenvalue weighted by Crippen LogP contribution is 2.13. The number of hydrogen-bond acceptors (Lipinski definition) is 3. The van der Waals surface area contributed by atoms with Crippen molar-refractivity contribution in [2.75, 3.05) is 19.8 Å². The number of rotatable bonds is 3. The zero-order chi connectivity index (χ0) is 9.14. The predicted molar refractivity (Wildman–Crippen MR) is 42.6 cm³/mol. The van der Waals surface area contributed by atoms with Gasteiger partial charge in [0.1, 0.15) is 12.5 Å². The third-order valence-corrected chi connectivity index (χ3v) is 2.15. The van der Waals surface area contributed by atoms with Crippen LogP contribution in [0.2, 0.25) is 0 Å². The van der Waals surface area contributed by atoms with E-state index in [1.54, 1.807) is 0 Å². The van der Waals surface area contributed by atoms with E-state index in [1.807, 2.05) is 11.8 Å². The molecule has 1 heterocycles. The van der Waals surface area contributed by atoms with Crippen molar-refractivity contribution >= 4 is 5.78 Å². The Bertz CT molecular complexity index is 174. The quantitative estimate of drug-likeness (QED) is 0.655. The number of Topliss-reactive ketones (excluding diaryl/α,β-unsaturated/α-hetero) is 1. The van der Waals surface area contributed by atoms with Crippen LogP contribution in [0.5, 0.6) is 0 Å². The number of carbonyl (C=O) groups is 1. The molecular weight excluding hydrogens is 161 g/mol. The largest absolute Gasteiger partial charge is 0.389 e. The van der Waals surface area contributed by atoms with Crippen molar-refractivity contribution in [2.45, 2.75) is 25.5 Å². The van der Waals surface area contributed by atoms with Crippen molar-refractivity contribution < 1.29 is 14.3 Å². The van der Waals surface area contributed by atoms with E-state index >= 15 is 0 Å². The van der Waals surface area contributed by atoms with Gasteiger partial charge in [0.15, 0.2) is 0 Å². The monoisotopic (exact) mass is 175 g/mol. The van der Waals surface area contributed by atoms with E-state index in [0.29, 0.717) is 13.0 Å². The number of alkyl halides is 1. The second-order valence-electron chi connectivity index (χ2n) is 3.33. The number of nitrogens with zero attached hydrogens (tertiary/aromatic N) is 1. The number of aliphatic hydroxyl groups is 1. The molecule has 0 aliphatic carbocycles. The maximum atomic E-state index is 11.9. The number of halogens is 1. The molecule has 1 N–H and O–H groups in total. The minimum Gasteiger partial charge on any atom is -0.389 e. The summed E-state index contributed by atoms with van der Waals surface area (Å²) in [6.07, 6.45) is -0.419. The minimum absolute atomic E-state index is 0.152. The minimum atomic E-state index is -0.946. The van der Waals surface area contributed by atoms with Crippen LogP contribution in [0.1, 0.15) is 13.3 Å². The van der Waals surface area contributed by atoms with E-state index in [0.717, 1.165) is 0 Å². The van der Waals surface area contributed by atoms with Crippen molar-refractivity contribution in [1.82, 2.24) is 4.90 Å². The zero-order valence-electron chi connectivity index (χ0n) is 7.16. The Morgan fingerprint density at radius 3 is 2.92 bits per heavy atom. The molecule has 0 saturated carbocycles. The van der Waals surface area contributed by atoms with Gasteiger partial charge < -0.3 is 5.11 Å². The molecule has 3 nitrogen and oxygen atoms in total. The Morgan fingerprint density at radius 2 is 2.50 bits per heavy atom. The predicted octanol–water partition coefficient (Wildman–Crippen LogP) is -0.0199. The van der Waals surface area contributed by atoms with E-state index in [-0.39, 0.29) is 18.4 Å². The van der Waals surface area contributed by atoms with Gasteiger partial charge in [-0.2, -0.15) is 0 Å². The number of ketones is 1. The second-order valence-corrected chi connectivity index (χ2v) is 3.33. The number of β-amino-alcohol motifs (C(OH)–C–C–N with tert-alkyl or cyclic N) is 1. The van der Waals surface area contributed by atoms with E-state index in [2.05, 4.69) is 0 Å². The fourth-order valence-corrected chi connectivity index (χ4v) is 1.47. The highest BCUT2D eigenvalue weighted by Gasteiger charge is 2.27. The maximum absolute atomic E-state index is 11.9. The van der Waals surface area contributed by atoms with Crippen molar-refractivity contribution in [3.05, 3.63) is 0 Å². The molecule has 0 aromatic carbocycles. The van der Waals surface area contributed by atoms with Gasteiger partial charge in [-0.1, -0.05) is 0 Å². The van der Waals surface area contributed by atoms with Crippen molar-refractivity contribution in [3.8, 4) is 0 Å². The van der Waals surface area contributed by atoms with Crippen LogP contribution in [0.15, 0.2) is 0 Å². The molecule has 0 aromatic rings. The zero-order valence-corrected chi connectivity index (χ0v) is 7.16. The molecule has 1 aliphatic rings. The fourth-order valence-electron chi connectivity index (χ4n) is 1.47. The van der Waals surface area contributed by atoms with Gasteiger partial charge in [-0.25, -0.2) is 4.39 Å². The third-order valence-electron chi connectivity index (χ3n) is 2.15. The highest BCUT2D eigenvalue weighted by atomic mass is 19.1. The lowest BCUT2D eigenvalue weighted by Gasteiger charge is -2.21. The lowest BCUT2D eigenvalue weighted by Crippen LogP contribution is -2.35. The number of aliphatic hydroxyl groups excluding tert-OH is 1. The molecule has 1 fully saturated rings. The summed E-state index contributed by atoms with van der Waals surface area (Å²) >= 11 is 0. The summed E-state index contributed by atoms with van der Waals surface area (Å²) in [7, 11) is 0. The van der Waals surface area contributed by atoms with Crippen molar-refractivity contribution in [1.29, 1.82) is 0 Å². The first-order chi connectivity index (χ1) is 5.63. The van der Waals surface area contributed by atoms with Crippen LogP contribution in [0, 0.1) is 0 Å². The molecule has 0 bridgehead atoms. The van der Waals surface area contributed by atoms with E-state index in [4.69, 9.17) is 5.11 Å². The van der Waals surface area contributed by atoms with Gasteiger partial charge in [-0.3, -0.25) is 9.69 Å². The molecule has 2 unspecified atom stereocenters. The molecule has 0 aromatic heterocycles. The van der Waals surface area contributed by atoms with Gasteiger partial charge >= 0.3 is 0 Å². The van der Waals surface area contributed by atoms with Crippen LogP contribution in [-0.4, -0.2) is 47.7 Å². The lowest BCUT2D eigenvalue weighted by molar-refractivity contribution is -0.117. The van der Waals surface area contributed by atoms with Crippen LogP contribution < -0.4 is 0 Å². The molecule has 4 heteroatoms. The number of likely N-dealkylation sites (tertiary alicyclic amines) is 1. The smallest absolute Gasteiger partial charge is 0.148 e. The summed E-state index contributed by atoms with van der Waals surface area (Å²) in [5.41, 5.74) is 0. The molecule has 2 atom stereocenters. The molecule has 1 saturated heterocycles. The molecule has 0 amide bonds. The van der Waals surface area contributed by atoms with Gasteiger partial charge in [0, 0.05) is 19.0 Å². The van der Waals surface area contributed by atoms with Gasteiger partial charge in [-0.05, 0) is 6.92 Å². The summed E-state index contributed by atoms with van der Waals surface area (Å²) in [5, 5.41) is 8.99. The Balaban J connectivity index is 2.37. The normalized spacial score (nSPS) is 27.9.